The van der Waals surface area contributed by atoms with Crippen LogP contribution in [0.3, 0.4) is 0 Å². The summed E-state index contributed by atoms with van der Waals surface area (Å²) in [6, 6.07) is 1.09. The molecule has 0 amide bonds. The molecule has 0 saturated heterocycles. The van der Waals surface area contributed by atoms with Crippen LogP contribution in [0.1, 0.15) is 25.2 Å². The Morgan fingerprint density at radius 2 is 2.37 bits per heavy atom. The summed E-state index contributed by atoms with van der Waals surface area (Å²) >= 11 is 5.72. The number of hydrogen-bond acceptors (Lipinski definition) is 5. The highest BCUT2D eigenvalue weighted by Gasteiger charge is 2.20. The topological polar surface area (TPSA) is 96.7 Å². The van der Waals surface area contributed by atoms with E-state index in [1.807, 2.05) is 6.92 Å². The number of halogens is 1. The fraction of sp³-hybridized carbons (Fsp3) is 0.273. The van der Waals surface area contributed by atoms with E-state index in [4.69, 9.17) is 11.6 Å². The smallest absolute Gasteiger partial charge is 0.312 e. The van der Waals surface area contributed by atoms with Gasteiger partial charge in [-0.3, -0.25) is 10.1 Å². The van der Waals surface area contributed by atoms with Crippen molar-refractivity contribution in [2.24, 2.45) is 0 Å². The van der Waals surface area contributed by atoms with Crippen molar-refractivity contribution in [1.82, 2.24) is 15.0 Å². The molecule has 0 bridgehead atoms. The maximum absolute atomic E-state index is 11.0. The molecule has 2 N–H and O–H groups in total. The number of nitrogens with zero attached hydrogens (tertiary/aromatic N) is 3. The van der Waals surface area contributed by atoms with Gasteiger partial charge in [0.1, 0.15) is 5.82 Å². The van der Waals surface area contributed by atoms with Gasteiger partial charge in [0.15, 0.2) is 0 Å². The van der Waals surface area contributed by atoms with Gasteiger partial charge < -0.3 is 10.3 Å². The molecule has 2 aromatic rings. The fourth-order valence-electron chi connectivity index (χ4n) is 1.68. The molecule has 100 valence electrons. The highest BCUT2D eigenvalue weighted by atomic mass is 35.5. The summed E-state index contributed by atoms with van der Waals surface area (Å²) < 4.78 is 0. The van der Waals surface area contributed by atoms with Crippen molar-refractivity contribution in [2.45, 2.75) is 19.4 Å². The lowest BCUT2D eigenvalue weighted by Crippen LogP contribution is -2.13. The average molecular weight is 282 g/mol. The molecule has 2 rings (SSSR count). The first kappa shape index (κ1) is 13.3. The van der Waals surface area contributed by atoms with E-state index in [0.29, 0.717) is 12.2 Å². The molecule has 1 atom stereocenters. The standard InChI is InChI=1S/C11H12ClN5O2/c1-2-8(10-13-3-4-14-10)16-11-9(17(18)19)5-7(12)6-15-11/h3-6,8H,2H2,1H3,(H,13,14)(H,15,16). The second-order valence-corrected chi connectivity index (χ2v) is 4.29. The summed E-state index contributed by atoms with van der Waals surface area (Å²) in [4.78, 5) is 21.5. The Morgan fingerprint density at radius 1 is 1.58 bits per heavy atom. The first-order valence-corrected chi connectivity index (χ1v) is 6.05. The Kier molecular flexibility index (Phi) is 3.96. The number of aromatic amines is 1. The van der Waals surface area contributed by atoms with Gasteiger partial charge in [-0.1, -0.05) is 18.5 Å². The first-order valence-electron chi connectivity index (χ1n) is 5.67. The number of pyridine rings is 1. The van der Waals surface area contributed by atoms with E-state index in [0.717, 1.165) is 0 Å². The van der Waals surface area contributed by atoms with Gasteiger partial charge in [-0.05, 0) is 6.42 Å². The van der Waals surface area contributed by atoms with Crippen LogP contribution in [-0.2, 0) is 0 Å². The van der Waals surface area contributed by atoms with Gasteiger partial charge >= 0.3 is 5.69 Å². The molecule has 0 saturated carbocycles. The molecule has 0 fully saturated rings. The molecule has 19 heavy (non-hydrogen) atoms. The molecule has 8 heteroatoms. The Bertz CT molecular complexity index is 572. The molecular weight excluding hydrogens is 270 g/mol. The van der Waals surface area contributed by atoms with E-state index < -0.39 is 4.92 Å². The normalized spacial score (nSPS) is 12.1. The lowest BCUT2D eigenvalue weighted by molar-refractivity contribution is -0.384. The summed E-state index contributed by atoms with van der Waals surface area (Å²) in [5.41, 5.74) is -0.155. The largest absolute Gasteiger partial charge is 0.354 e. The Labute approximate surface area is 114 Å². The number of nitrogens with one attached hydrogen (secondary N) is 2. The Morgan fingerprint density at radius 3 is 2.95 bits per heavy atom. The monoisotopic (exact) mass is 281 g/mol. The number of imidazole rings is 1. The van der Waals surface area contributed by atoms with E-state index in [9.17, 15) is 10.1 Å². The average Bonchev–Trinajstić information content (AvgIpc) is 2.90. The van der Waals surface area contributed by atoms with Crippen LogP contribution >= 0.6 is 11.6 Å². The minimum atomic E-state index is -0.518. The number of nitro groups is 1. The maximum atomic E-state index is 11.0. The van der Waals surface area contributed by atoms with Crippen molar-refractivity contribution in [3.05, 3.63) is 45.6 Å². The molecule has 1 unspecified atom stereocenters. The van der Waals surface area contributed by atoms with Crippen LogP contribution in [0.25, 0.3) is 0 Å². The summed E-state index contributed by atoms with van der Waals surface area (Å²) in [5, 5.41) is 14.2. The first-order chi connectivity index (χ1) is 9.11. The highest BCUT2D eigenvalue weighted by Crippen LogP contribution is 2.28. The van der Waals surface area contributed by atoms with E-state index >= 15 is 0 Å². The zero-order valence-electron chi connectivity index (χ0n) is 10.1. The van der Waals surface area contributed by atoms with Crippen LogP contribution in [0.5, 0.6) is 0 Å². The molecule has 0 spiro atoms. The fourth-order valence-corrected chi connectivity index (χ4v) is 1.83. The minimum absolute atomic E-state index is 0.155. The van der Waals surface area contributed by atoms with Gasteiger partial charge in [-0.15, -0.1) is 0 Å². The van der Waals surface area contributed by atoms with Gasteiger partial charge in [-0.2, -0.15) is 0 Å². The van der Waals surface area contributed by atoms with E-state index in [2.05, 4.69) is 20.3 Å². The molecule has 0 aliphatic rings. The van der Waals surface area contributed by atoms with Crippen molar-refractivity contribution < 1.29 is 4.92 Å². The van der Waals surface area contributed by atoms with Crippen LogP contribution in [0.15, 0.2) is 24.7 Å². The van der Waals surface area contributed by atoms with E-state index in [1.54, 1.807) is 12.4 Å². The third kappa shape index (κ3) is 3.00. The molecule has 0 aliphatic heterocycles. The number of H-pyrrole nitrogens is 1. The van der Waals surface area contributed by atoms with Crippen LogP contribution in [0, 0.1) is 10.1 Å². The zero-order valence-corrected chi connectivity index (χ0v) is 10.9. The Balaban J connectivity index is 2.29. The van der Waals surface area contributed by atoms with Crippen LogP contribution in [-0.4, -0.2) is 19.9 Å². The van der Waals surface area contributed by atoms with Gasteiger partial charge in [0.2, 0.25) is 5.82 Å². The SMILES string of the molecule is CCC(Nc1ncc(Cl)cc1[N+](=O)[O-])c1ncc[nH]1. The quantitative estimate of drug-likeness (QED) is 0.649. The molecule has 0 radical (unpaired) electrons. The third-order valence-corrected chi connectivity index (χ3v) is 2.81. The van der Waals surface area contributed by atoms with Gasteiger partial charge in [0.05, 0.1) is 16.0 Å². The van der Waals surface area contributed by atoms with Gasteiger partial charge in [0, 0.05) is 24.7 Å². The molecule has 0 aromatic carbocycles. The van der Waals surface area contributed by atoms with Crippen molar-refractivity contribution in [1.29, 1.82) is 0 Å². The van der Waals surface area contributed by atoms with Crippen LogP contribution in [0.2, 0.25) is 5.02 Å². The number of aromatic nitrogens is 3. The molecule has 2 aromatic heterocycles. The van der Waals surface area contributed by atoms with E-state index in [1.165, 1.54) is 12.3 Å². The van der Waals surface area contributed by atoms with Crippen molar-refractivity contribution in [3.63, 3.8) is 0 Å². The zero-order chi connectivity index (χ0) is 13.8. The summed E-state index contributed by atoms with van der Waals surface area (Å²) in [6.07, 6.45) is 5.40. The summed E-state index contributed by atoms with van der Waals surface area (Å²) in [5.74, 6) is 0.881. The minimum Gasteiger partial charge on any atom is -0.354 e. The van der Waals surface area contributed by atoms with Gasteiger partial charge in [-0.25, -0.2) is 9.97 Å². The predicted octanol–water partition coefficient (Wildman–Crippen LogP) is 2.93. The molecular formula is C11H12ClN5O2. The lowest BCUT2D eigenvalue weighted by atomic mass is 10.2. The third-order valence-electron chi connectivity index (χ3n) is 2.60. The molecule has 2 heterocycles. The molecule has 7 nitrogen and oxygen atoms in total. The second-order valence-electron chi connectivity index (χ2n) is 3.86. The second kappa shape index (κ2) is 5.66. The summed E-state index contributed by atoms with van der Waals surface area (Å²) in [6.45, 7) is 1.95. The van der Waals surface area contributed by atoms with Crippen molar-refractivity contribution >= 4 is 23.1 Å². The summed E-state index contributed by atoms with van der Waals surface area (Å²) in [7, 11) is 0. The van der Waals surface area contributed by atoms with Crippen molar-refractivity contribution in [2.75, 3.05) is 5.32 Å². The van der Waals surface area contributed by atoms with E-state index in [-0.39, 0.29) is 22.6 Å². The Hall–Kier alpha value is -2.15. The highest BCUT2D eigenvalue weighted by molar-refractivity contribution is 6.30. The number of hydrogen-bond donors (Lipinski definition) is 2. The van der Waals surface area contributed by atoms with Crippen LogP contribution < -0.4 is 5.32 Å². The number of rotatable bonds is 5. The lowest BCUT2D eigenvalue weighted by Gasteiger charge is -2.15. The maximum Gasteiger partial charge on any atom is 0.312 e. The van der Waals surface area contributed by atoms with Crippen LogP contribution in [0.4, 0.5) is 11.5 Å². The van der Waals surface area contributed by atoms with Gasteiger partial charge in [0.25, 0.3) is 0 Å². The van der Waals surface area contributed by atoms with Crippen molar-refractivity contribution in [3.8, 4) is 0 Å². The predicted molar refractivity (Wildman–Crippen MR) is 71.1 cm³/mol. The molecule has 0 aliphatic carbocycles. The number of anilines is 1.